The summed E-state index contributed by atoms with van der Waals surface area (Å²) >= 11 is 0. The van der Waals surface area contributed by atoms with Crippen LogP contribution in [0.5, 0.6) is 0 Å². The van der Waals surface area contributed by atoms with Gasteiger partial charge in [-0.15, -0.1) is 0 Å². The third-order valence-electron chi connectivity index (χ3n) is 2.31. The van der Waals surface area contributed by atoms with E-state index in [0.717, 1.165) is 0 Å². The van der Waals surface area contributed by atoms with Crippen molar-refractivity contribution in [2.45, 2.75) is 32.1 Å². The molecule has 0 aromatic rings. The van der Waals surface area contributed by atoms with Crippen molar-refractivity contribution in [3.05, 3.63) is 23.3 Å². The average Bonchev–Trinajstić information content (AvgIpc) is 2.33. The van der Waals surface area contributed by atoms with E-state index >= 15 is 0 Å². The molecule has 2 aliphatic carbocycles. The molecule has 0 saturated carbocycles. The van der Waals surface area contributed by atoms with E-state index in [0.29, 0.717) is 0 Å². The molecule has 0 spiro atoms. The Bertz CT molecular complexity index is 177. The first-order valence-corrected chi connectivity index (χ1v) is 3.84. The topological polar surface area (TPSA) is 0 Å². The van der Waals surface area contributed by atoms with Crippen molar-refractivity contribution < 1.29 is 26.2 Å². The van der Waals surface area contributed by atoms with Crippen molar-refractivity contribution in [2.24, 2.45) is 0 Å². The van der Waals surface area contributed by atoms with Gasteiger partial charge in [0.15, 0.2) is 0 Å². The zero-order chi connectivity index (χ0) is 6.10. The fourth-order valence-corrected chi connectivity index (χ4v) is 1.77. The largest absolute Gasteiger partial charge is 0.0802 e. The fourth-order valence-electron chi connectivity index (χ4n) is 1.77. The molecular weight excluding hydrogens is 199 g/mol. The van der Waals surface area contributed by atoms with Gasteiger partial charge in [-0.2, -0.15) is 0 Å². The van der Waals surface area contributed by atoms with Crippen LogP contribution in [0, 0.1) is 0 Å². The summed E-state index contributed by atoms with van der Waals surface area (Å²) in [6, 6.07) is 0. The molecule has 0 nitrogen and oxygen atoms in total. The van der Waals surface area contributed by atoms with E-state index < -0.39 is 0 Å². The van der Waals surface area contributed by atoms with Crippen molar-refractivity contribution in [1.82, 2.24) is 0 Å². The Labute approximate surface area is 81.5 Å². The predicted octanol–water partition coefficient (Wildman–Crippen LogP) is 2.81. The molecule has 0 unspecified atom stereocenters. The van der Waals surface area contributed by atoms with E-state index in [2.05, 4.69) is 12.2 Å². The first-order valence-electron chi connectivity index (χ1n) is 3.84. The van der Waals surface area contributed by atoms with Gasteiger partial charge in [0.05, 0.1) is 0 Å². The normalized spacial score (nSPS) is 22.4. The molecular formula is C9H12Zr. The van der Waals surface area contributed by atoms with Crippen LogP contribution in [0.4, 0.5) is 0 Å². The Balaban J connectivity index is 0.000000500. The molecule has 52 valence electrons. The summed E-state index contributed by atoms with van der Waals surface area (Å²) in [5.74, 6) is 0. The maximum absolute atomic E-state index is 2.31. The molecule has 0 radical (unpaired) electrons. The van der Waals surface area contributed by atoms with E-state index in [9.17, 15) is 0 Å². The molecule has 0 aromatic heterocycles. The Morgan fingerprint density at radius 2 is 1.90 bits per heavy atom. The molecule has 10 heavy (non-hydrogen) atoms. The van der Waals surface area contributed by atoms with Crippen LogP contribution in [0.2, 0.25) is 0 Å². The van der Waals surface area contributed by atoms with Crippen LogP contribution in [0.3, 0.4) is 0 Å². The van der Waals surface area contributed by atoms with Gasteiger partial charge in [-0.25, -0.2) is 0 Å². The zero-order valence-corrected chi connectivity index (χ0v) is 8.65. The van der Waals surface area contributed by atoms with Gasteiger partial charge in [0, 0.05) is 26.2 Å². The van der Waals surface area contributed by atoms with Gasteiger partial charge in [-0.05, 0) is 37.7 Å². The summed E-state index contributed by atoms with van der Waals surface area (Å²) in [6.45, 7) is 0. The summed E-state index contributed by atoms with van der Waals surface area (Å²) in [4.78, 5) is 0. The molecule has 0 saturated heterocycles. The van der Waals surface area contributed by atoms with Crippen LogP contribution in [-0.4, -0.2) is 0 Å². The van der Waals surface area contributed by atoms with Gasteiger partial charge in [0.1, 0.15) is 0 Å². The van der Waals surface area contributed by atoms with Crippen molar-refractivity contribution in [3.8, 4) is 0 Å². The second kappa shape index (κ2) is 3.67. The maximum Gasteiger partial charge on any atom is 0 e. The fraction of sp³-hybridized carbons (Fsp3) is 0.556. The second-order valence-corrected chi connectivity index (χ2v) is 2.94. The van der Waals surface area contributed by atoms with Crippen molar-refractivity contribution in [1.29, 1.82) is 0 Å². The van der Waals surface area contributed by atoms with Crippen LogP contribution < -0.4 is 0 Å². The minimum atomic E-state index is 0. The molecule has 0 amide bonds. The average molecular weight is 211 g/mol. The molecule has 2 aliphatic rings. The van der Waals surface area contributed by atoms with Crippen molar-refractivity contribution in [3.63, 3.8) is 0 Å². The quantitative estimate of drug-likeness (QED) is 0.578. The molecule has 0 N–H and O–H groups in total. The zero-order valence-electron chi connectivity index (χ0n) is 6.19. The predicted molar refractivity (Wildman–Crippen MR) is 39.3 cm³/mol. The summed E-state index contributed by atoms with van der Waals surface area (Å²) in [7, 11) is 0. The standard InChI is InChI=1S/C9H12.Zr/c1-2-5-9-7-3-6-8(9)4-1;/h3,6H,1-2,4-5,7H2;. The number of hydrogen-bond donors (Lipinski definition) is 0. The Morgan fingerprint density at radius 1 is 1.10 bits per heavy atom. The van der Waals surface area contributed by atoms with E-state index in [1.165, 1.54) is 32.1 Å². The van der Waals surface area contributed by atoms with Gasteiger partial charge in [-0.3, -0.25) is 0 Å². The minimum absolute atomic E-state index is 0. The second-order valence-electron chi connectivity index (χ2n) is 2.94. The van der Waals surface area contributed by atoms with Crippen LogP contribution in [0.15, 0.2) is 23.3 Å². The Morgan fingerprint density at radius 3 is 2.70 bits per heavy atom. The smallest absolute Gasteiger partial charge is 0 e. The number of allylic oxidation sites excluding steroid dienone is 4. The van der Waals surface area contributed by atoms with Gasteiger partial charge in [0.2, 0.25) is 0 Å². The molecule has 0 fully saturated rings. The van der Waals surface area contributed by atoms with Gasteiger partial charge >= 0.3 is 0 Å². The van der Waals surface area contributed by atoms with Crippen LogP contribution >= 0.6 is 0 Å². The molecule has 0 atom stereocenters. The molecule has 2 rings (SSSR count). The summed E-state index contributed by atoms with van der Waals surface area (Å²) in [5.41, 5.74) is 3.38. The monoisotopic (exact) mass is 210 g/mol. The Hall–Kier alpha value is 0.363. The van der Waals surface area contributed by atoms with Crippen LogP contribution in [0.1, 0.15) is 32.1 Å². The molecule has 0 aromatic carbocycles. The van der Waals surface area contributed by atoms with E-state index in [1.807, 2.05) is 0 Å². The van der Waals surface area contributed by atoms with E-state index in [-0.39, 0.29) is 26.2 Å². The van der Waals surface area contributed by atoms with Gasteiger partial charge in [0.25, 0.3) is 0 Å². The minimum Gasteiger partial charge on any atom is -0.0802 e. The van der Waals surface area contributed by atoms with Crippen LogP contribution in [-0.2, 0) is 26.2 Å². The van der Waals surface area contributed by atoms with Gasteiger partial charge in [-0.1, -0.05) is 17.7 Å². The maximum atomic E-state index is 2.31. The van der Waals surface area contributed by atoms with Crippen molar-refractivity contribution in [2.75, 3.05) is 0 Å². The van der Waals surface area contributed by atoms with Crippen LogP contribution in [0.25, 0.3) is 0 Å². The molecule has 0 heterocycles. The first-order chi connectivity index (χ1) is 4.47. The molecule has 0 aliphatic heterocycles. The van der Waals surface area contributed by atoms with Crippen molar-refractivity contribution >= 4 is 0 Å². The summed E-state index contributed by atoms with van der Waals surface area (Å²) in [5, 5.41) is 0. The van der Waals surface area contributed by atoms with E-state index in [1.54, 1.807) is 11.1 Å². The molecule has 1 heteroatoms. The van der Waals surface area contributed by atoms with Gasteiger partial charge < -0.3 is 0 Å². The first kappa shape index (κ1) is 8.46. The SMILES string of the molecule is C1=CC2=C(C1)CCCC2.[Zr]. The summed E-state index contributed by atoms with van der Waals surface area (Å²) < 4.78 is 0. The number of hydrogen-bond acceptors (Lipinski definition) is 0. The number of rotatable bonds is 0. The Kier molecular flexibility index (Phi) is 3.10. The van der Waals surface area contributed by atoms with E-state index in [4.69, 9.17) is 0 Å². The summed E-state index contributed by atoms with van der Waals surface area (Å²) in [6.07, 6.45) is 11.5. The third-order valence-corrected chi connectivity index (χ3v) is 2.31. The molecule has 0 bridgehead atoms. The third kappa shape index (κ3) is 1.50.